The number of carbonyl (C=O) groups excluding carboxylic acids is 1. The number of carbonyl (C=O) groups is 1. The van der Waals surface area contributed by atoms with Crippen molar-refractivity contribution in [3.8, 4) is 0 Å². The van der Waals surface area contributed by atoms with Crippen LogP contribution in [0.3, 0.4) is 0 Å². The van der Waals surface area contributed by atoms with E-state index >= 15 is 0 Å². The van der Waals surface area contributed by atoms with Gasteiger partial charge in [-0.05, 0) is 51.6 Å². The van der Waals surface area contributed by atoms with Crippen LogP contribution in [0.15, 0.2) is 83.8 Å². The highest BCUT2D eigenvalue weighted by atomic mass is 16.3. The molecule has 0 bridgehead atoms. The van der Waals surface area contributed by atoms with Crippen molar-refractivity contribution in [3.05, 3.63) is 83.8 Å². The third-order valence-corrected chi connectivity index (χ3v) is 3.81. The molecule has 0 aromatic rings. The molecule has 1 aliphatic rings. The van der Waals surface area contributed by atoms with E-state index < -0.39 is 18.0 Å². The van der Waals surface area contributed by atoms with E-state index in [9.17, 15) is 15.0 Å². The number of hydrogen-bond acceptors (Lipinski definition) is 5. The minimum absolute atomic E-state index is 0.0666. The lowest BCUT2D eigenvalue weighted by atomic mass is 9.99. The van der Waals surface area contributed by atoms with Gasteiger partial charge in [0.2, 0.25) is 0 Å². The third kappa shape index (κ3) is 7.47. The summed E-state index contributed by atoms with van der Waals surface area (Å²) in [7, 11) is 0. The van der Waals surface area contributed by atoms with Gasteiger partial charge in [0.15, 0.2) is 5.78 Å². The van der Waals surface area contributed by atoms with Gasteiger partial charge in [-0.3, -0.25) is 4.79 Å². The predicted octanol–water partition coefficient (Wildman–Crippen LogP) is 3.86. The molecular formula is C23H32N2O3. The molecule has 1 heterocycles. The first-order chi connectivity index (χ1) is 13.2. The van der Waals surface area contributed by atoms with Crippen LogP contribution in [0.25, 0.3) is 0 Å². The molecule has 0 amide bonds. The Labute approximate surface area is 168 Å². The fraction of sp³-hybridized carbons (Fsp3) is 0.304. The molecule has 2 atom stereocenters. The molecule has 0 aromatic heterocycles. The van der Waals surface area contributed by atoms with Crippen LogP contribution >= 0.6 is 0 Å². The fourth-order valence-electron chi connectivity index (χ4n) is 2.65. The monoisotopic (exact) mass is 384 g/mol. The summed E-state index contributed by atoms with van der Waals surface area (Å²) >= 11 is 0. The lowest BCUT2D eigenvalue weighted by Gasteiger charge is -2.34. The summed E-state index contributed by atoms with van der Waals surface area (Å²) < 4.78 is 0. The Hall–Kier alpha value is -2.76. The Morgan fingerprint density at radius 1 is 1.21 bits per heavy atom. The highest BCUT2D eigenvalue weighted by Gasteiger charge is 2.29. The van der Waals surface area contributed by atoms with E-state index in [-0.39, 0.29) is 6.54 Å². The molecule has 0 saturated heterocycles. The van der Waals surface area contributed by atoms with Crippen molar-refractivity contribution in [3.63, 3.8) is 0 Å². The van der Waals surface area contributed by atoms with E-state index in [1.54, 1.807) is 11.8 Å². The molecule has 0 aliphatic carbocycles. The zero-order chi connectivity index (χ0) is 21.9. The second kappa shape index (κ2) is 12.6. The van der Waals surface area contributed by atoms with Gasteiger partial charge in [0.1, 0.15) is 6.10 Å². The van der Waals surface area contributed by atoms with Crippen molar-refractivity contribution in [2.24, 2.45) is 0 Å². The molecule has 0 fully saturated rings. The van der Waals surface area contributed by atoms with Crippen LogP contribution in [0.4, 0.5) is 0 Å². The maximum absolute atomic E-state index is 11.8. The SMILES string of the molecule is C=C(C)/C=C(\C=C/C)C(/C=C\C)=C/C(=C)N1CC(O)C(=O)C=C1C(C)O.C=N. The second-order valence-electron chi connectivity index (χ2n) is 6.31. The zero-order valence-corrected chi connectivity index (χ0v) is 17.3. The minimum atomic E-state index is -1.13. The number of nitrogens with one attached hydrogen (secondary N) is 1. The quantitative estimate of drug-likeness (QED) is 0.460. The molecule has 5 heteroatoms. The lowest BCUT2D eigenvalue weighted by Crippen LogP contribution is -2.42. The Morgan fingerprint density at radius 2 is 1.71 bits per heavy atom. The van der Waals surface area contributed by atoms with Crippen molar-refractivity contribution >= 4 is 12.5 Å². The largest absolute Gasteiger partial charge is 0.387 e. The molecule has 0 radical (unpaired) electrons. The summed E-state index contributed by atoms with van der Waals surface area (Å²) in [6, 6.07) is 0. The van der Waals surface area contributed by atoms with Gasteiger partial charge < -0.3 is 20.5 Å². The first kappa shape index (κ1) is 25.2. The summed E-state index contributed by atoms with van der Waals surface area (Å²) in [5, 5.41) is 25.4. The van der Waals surface area contributed by atoms with Crippen LogP contribution in [0.1, 0.15) is 27.7 Å². The van der Waals surface area contributed by atoms with Gasteiger partial charge >= 0.3 is 0 Å². The maximum Gasteiger partial charge on any atom is 0.187 e. The maximum atomic E-state index is 11.8. The number of nitrogens with zero attached hydrogens (tertiary/aromatic N) is 1. The van der Waals surface area contributed by atoms with E-state index in [2.05, 4.69) is 19.9 Å². The van der Waals surface area contributed by atoms with E-state index in [1.165, 1.54) is 6.08 Å². The lowest BCUT2D eigenvalue weighted by molar-refractivity contribution is -0.124. The molecule has 5 nitrogen and oxygen atoms in total. The molecule has 1 aliphatic heterocycles. The first-order valence-electron chi connectivity index (χ1n) is 8.99. The Morgan fingerprint density at radius 3 is 2.14 bits per heavy atom. The van der Waals surface area contributed by atoms with E-state index in [1.807, 2.05) is 57.2 Å². The molecule has 152 valence electrons. The fourth-order valence-corrected chi connectivity index (χ4v) is 2.65. The molecule has 2 unspecified atom stereocenters. The standard InChI is InChI=1S/C22H29NO3.CH3N/c1-7-9-18(11-15(3)4)19(10-8-2)12-16(5)23-14-22(26)21(25)13-20(23)17(6)24;1-2/h7-13,17,22,24,26H,3,5,14H2,1-2,4,6H3;2H,1H2/b9-7-,10-8-,18-11+,19-12+;. The summed E-state index contributed by atoms with van der Waals surface area (Å²) in [6.07, 6.45) is 11.0. The summed E-state index contributed by atoms with van der Waals surface area (Å²) in [4.78, 5) is 13.4. The van der Waals surface area contributed by atoms with Gasteiger partial charge in [0.05, 0.1) is 18.3 Å². The van der Waals surface area contributed by atoms with Crippen LogP contribution in [0, 0.1) is 5.41 Å². The van der Waals surface area contributed by atoms with E-state index in [0.29, 0.717) is 11.4 Å². The van der Waals surface area contributed by atoms with Crippen LogP contribution < -0.4 is 0 Å². The molecular weight excluding hydrogens is 352 g/mol. The molecule has 0 saturated carbocycles. The van der Waals surface area contributed by atoms with E-state index in [4.69, 9.17) is 5.41 Å². The number of allylic oxidation sites excluding steroid dienone is 9. The number of β-amino-alcohol motifs (C(OH)–C–C–N with tert-alkyl or cyclic N) is 1. The van der Waals surface area contributed by atoms with Crippen molar-refractivity contribution in [1.29, 1.82) is 5.41 Å². The highest BCUT2D eigenvalue weighted by molar-refractivity contribution is 5.95. The smallest absolute Gasteiger partial charge is 0.187 e. The number of aliphatic hydroxyl groups is 2. The second-order valence-corrected chi connectivity index (χ2v) is 6.31. The van der Waals surface area contributed by atoms with Crippen molar-refractivity contribution in [2.45, 2.75) is 39.9 Å². The number of rotatable bonds is 7. The van der Waals surface area contributed by atoms with Crippen molar-refractivity contribution in [2.75, 3.05) is 6.54 Å². The topological polar surface area (TPSA) is 84.6 Å². The van der Waals surface area contributed by atoms with Crippen LogP contribution in [0.5, 0.6) is 0 Å². The van der Waals surface area contributed by atoms with Crippen LogP contribution in [0.2, 0.25) is 0 Å². The number of hydrogen-bond donors (Lipinski definition) is 3. The van der Waals surface area contributed by atoms with Gasteiger partial charge in [0.25, 0.3) is 0 Å². The Balaban J connectivity index is 0.00000352. The minimum Gasteiger partial charge on any atom is -0.387 e. The molecule has 0 spiro atoms. The summed E-state index contributed by atoms with van der Waals surface area (Å²) in [5.74, 6) is -0.403. The summed E-state index contributed by atoms with van der Waals surface area (Å²) in [6.45, 7) is 18.0. The van der Waals surface area contributed by atoms with Gasteiger partial charge in [0, 0.05) is 11.8 Å². The average Bonchev–Trinajstić information content (AvgIpc) is 2.64. The van der Waals surface area contributed by atoms with Gasteiger partial charge in [-0.15, -0.1) is 0 Å². The highest BCUT2D eigenvalue weighted by Crippen LogP contribution is 2.25. The third-order valence-electron chi connectivity index (χ3n) is 3.81. The molecule has 0 aromatic carbocycles. The van der Waals surface area contributed by atoms with Crippen molar-refractivity contribution < 1.29 is 15.0 Å². The predicted molar refractivity (Wildman–Crippen MR) is 117 cm³/mol. The zero-order valence-electron chi connectivity index (χ0n) is 17.3. The van der Waals surface area contributed by atoms with Crippen LogP contribution in [-0.2, 0) is 4.79 Å². The van der Waals surface area contributed by atoms with Crippen LogP contribution in [-0.4, -0.2) is 46.4 Å². The Bertz CT molecular complexity index is 737. The first-order valence-corrected chi connectivity index (χ1v) is 8.99. The van der Waals surface area contributed by atoms with Gasteiger partial charge in [-0.2, -0.15) is 0 Å². The molecule has 1 rings (SSSR count). The number of aliphatic hydroxyl groups excluding tert-OH is 2. The molecule has 3 N–H and O–H groups in total. The average molecular weight is 385 g/mol. The van der Waals surface area contributed by atoms with Gasteiger partial charge in [-0.1, -0.05) is 49.1 Å². The van der Waals surface area contributed by atoms with Crippen molar-refractivity contribution in [1.82, 2.24) is 4.90 Å². The summed E-state index contributed by atoms with van der Waals surface area (Å²) in [5.41, 5.74) is 3.81. The van der Waals surface area contributed by atoms with E-state index in [0.717, 1.165) is 16.7 Å². The molecule has 28 heavy (non-hydrogen) atoms. The Kier molecular flexibility index (Phi) is 11.4. The number of ketones is 1. The normalized spacial score (nSPS) is 19.4. The van der Waals surface area contributed by atoms with Gasteiger partial charge in [-0.25, -0.2) is 0 Å².